The Kier molecular flexibility index (Phi) is 4.47. The smallest absolute Gasteiger partial charge is 0.335 e. The quantitative estimate of drug-likeness (QED) is 0.703. The van der Waals surface area contributed by atoms with Crippen LogP contribution in [0.4, 0.5) is 5.88 Å². The van der Waals surface area contributed by atoms with E-state index in [0.717, 1.165) is 6.07 Å². The fraction of sp³-hybridized carbons (Fsp3) is 0. The molecule has 0 bridgehead atoms. The van der Waals surface area contributed by atoms with E-state index >= 15 is 0 Å². The molecule has 1 aromatic heterocycles. The van der Waals surface area contributed by atoms with Crippen LogP contribution in [0.5, 0.6) is 0 Å². The summed E-state index contributed by atoms with van der Waals surface area (Å²) in [5.41, 5.74) is 0.988. The number of hydrogen-bond acceptors (Lipinski definition) is 5. The van der Waals surface area contributed by atoms with Gasteiger partial charge >= 0.3 is 5.97 Å². The molecule has 0 aliphatic rings. The molecule has 0 amide bonds. The van der Waals surface area contributed by atoms with Crippen molar-refractivity contribution in [1.29, 1.82) is 0 Å². The number of nitrogens with zero attached hydrogens (tertiary/aromatic N) is 1. The topological polar surface area (TPSA) is 110 Å². The first-order valence-corrected chi connectivity index (χ1v) is 8.80. The Labute approximate surface area is 147 Å². The van der Waals surface area contributed by atoms with Crippen LogP contribution in [0, 0.1) is 0 Å². The maximum Gasteiger partial charge on any atom is 0.335 e. The van der Waals surface area contributed by atoms with Crippen LogP contribution in [0.15, 0.2) is 64.0 Å². The summed E-state index contributed by atoms with van der Waals surface area (Å²) in [7, 11) is -4.01. The van der Waals surface area contributed by atoms with Gasteiger partial charge in [0.15, 0.2) is 0 Å². The molecule has 2 N–H and O–H groups in total. The molecule has 9 heteroatoms. The van der Waals surface area contributed by atoms with E-state index in [4.69, 9.17) is 21.2 Å². The van der Waals surface area contributed by atoms with Crippen molar-refractivity contribution in [3.05, 3.63) is 65.2 Å². The number of carboxylic acids is 1. The van der Waals surface area contributed by atoms with Crippen LogP contribution in [-0.4, -0.2) is 24.7 Å². The van der Waals surface area contributed by atoms with Crippen LogP contribution < -0.4 is 4.72 Å². The number of aromatic nitrogens is 1. The predicted octanol–water partition coefficient (Wildman–Crippen LogP) is 3.49. The highest BCUT2D eigenvalue weighted by Gasteiger charge is 2.19. The van der Waals surface area contributed by atoms with Crippen molar-refractivity contribution in [2.45, 2.75) is 4.90 Å². The summed E-state index contributed by atoms with van der Waals surface area (Å²) in [6.45, 7) is 0. The molecule has 3 aromatic rings. The van der Waals surface area contributed by atoms with Crippen molar-refractivity contribution in [2.75, 3.05) is 4.72 Å². The molecular weight excluding hydrogens is 368 g/mol. The number of anilines is 1. The lowest BCUT2D eigenvalue weighted by Gasteiger charge is -2.05. The minimum Gasteiger partial charge on any atom is -0.478 e. The molecule has 0 spiro atoms. The lowest BCUT2D eigenvalue weighted by molar-refractivity contribution is 0.0696. The van der Waals surface area contributed by atoms with Crippen LogP contribution in [0.3, 0.4) is 0 Å². The third kappa shape index (κ3) is 3.81. The van der Waals surface area contributed by atoms with Gasteiger partial charge in [-0.3, -0.25) is 0 Å². The Morgan fingerprint density at radius 1 is 1.12 bits per heavy atom. The Balaban J connectivity index is 1.85. The van der Waals surface area contributed by atoms with E-state index in [-0.39, 0.29) is 16.3 Å². The molecule has 0 aliphatic heterocycles. The number of hydrogen-bond donors (Lipinski definition) is 2. The SMILES string of the molecule is O=C(O)c1cccc(S(=O)(=O)Nc2cc(-c3ccc(Cl)cc3)no2)c1. The monoisotopic (exact) mass is 378 g/mol. The van der Waals surface area contributed by atoms with Gasteiger partial charge in [0.2, 0.25) is 5.88 Å². The van der Waals surface area contributed by atoms with Crippen molar-refractivity contribution >= 4 is 33.5 Å². The number of aromatic carboxylic acids is 1. The van der Waals surface area contributed by atoms with E-state index in [1.807, 2.05) is 0 Å². The number of benzene rings is 2. The molecule has 1 heterocycles. The third-order valence-corrected chi connectivity index (χ3v) is 4.87. The largest absolute Gasteiger partial charge is 0.478 e. The summed E-state index contributed by atoms with van der Waals surface area (Å²) in [6.07, 6.45) is 0. The summed E-state index contributed by atoms with van der Waals surface area (Å²) in [5.74, 6) is -1.31. The number of halogens is 1. The summed E-state index contributed by atoms with van der Waals surface area (Å²) in [6, 6.07) is 13.2. The molecule has 0 radical (unpaired) electrons. The standard InChI is InChI=1S/C16H11ClN2O5S/c17-12-6-4-10(5-7-12)14-9-15(24-18-14)19-25(22,23)13-3-1-2-11(8-13)16(20)21/h1-9,19H,(H,20,21). The van der Waals surface area contributed by atoms with Crippen molar-refractivity contribution < 1.29 is 22.8 Å². The molecule has 0 fully saturated rings. The van der Waals surface area contributed by atoms with Gasteiger partial charge in [-0.1, -0.05) is 35.0 Å². The maximum atomic E-state index is 12.4. The highest BCUT2D eigenvalue weighted by molar-refractivity contribution is 7.92. The van der Waals surface area contributed by atoms with Crippen LogP contribution in [-0.2, 0) is 10.0 Å². The molecule has 0 atom stereocenters. The lowest BCUT2D eigenvalue weighted by Crippen LogP contribution is -2.13. The van der Waals surface area contributed by atoms with E-state index in [0.29, 0.717) is 16.3 Å². The summed E-state index contributed by atoms with van der Waals surface area (Å²) >= 11 is 5.82. The first kappa shape index (κ1) is 17.0. The van der Waals surface area contributed by atoms with Gasteiger partial charge in [-0.15, -0.1) is 0 Å². The second-order valence-corrected chi connectivity index (χ2v) is 7.14. The van der Waals surface area contributed by atoms with E-state index in [2.05, 4.69) is 9.88 Å². The predicted molar refractivity (Wildman–Crippen MR) is 91.2 cm³/mol. The van der Waals surface area contributed by atoms with Crippen molar-refractivity contribution in [1.82, 2.24) is 5.16 Å². The number of rotatable bonds is 5. The minimum atomic E-state index is -4.01. The van der Waals surface area contributed by atoms with E-state index in [9.17, 15) is 13.2 Å². The van der Waals surface area contributed by atoms with Gasteiger partial charge < -0.3 is 9.63 Å². The van der Waals surface area contributed by atoms with Gasteiger partial charge in [0, 0.05) is 16.7 Å². The molecule has 3 rings (SSSR count). The van der Waals surface area contributed by atoms with Crippen molar-refractivity contribution in [3.8, 4) is 11.3 Å². The van der Waals surface area contributed by atoms with Gasteiger partial charge in [0.05, 0.1) is 10.5 Å². The molecule has 2 aromatic carbocycles. The van der Waals surface area contributed by atoms with Crippen molar-refractivity contribution in [2.24, 2.45) is 0 Å². The number of sulfonamides is 1. The van der Waals surface area contributed by atoms with Gasteiger partial charge in [-0.05, 0) is 30.3 Å². The zero-order chi connectivity index (χ0) is 18.0. The summed E-state index contributed by atoms with van der Waals surface area (Å²) in [5, 5.41) is 13.3. The summed E-state index contributed by atoms with van der Waals surface area (Å²) in [4.78, 5) is 10.8. The van der Waals surface area contributed by atoms with Crippen LogP contribution in [0.2, 0.25) is 5.02 Å². The maximum absolute atomic E-state index is 12.4. The molecule has 0 saturated heterocycles. The first-order chi connectivity index (χ1) is 11.8. The fourth-order valence-corrected chi connectivity index (χ4v) is 3.21. The van der Waals surface area contributed by atoms with Crippen LogP contribution in [0.1, 0.15) is 10.4 Å². The second-order valence-electron chi connectivity index (χ2n) is 5.02. The second kappa shape index (κ2) is 6.58. The van der Waals surface area contributed by atoms with E-state index < -0.39 is 16.0 Å². The molecule has 0 saturated carbocycles. The highest BCUT2D eigenvalue weighted by atomic mass is 35.5. The first-order valence-electron chi connectivity index (χ1n) is 6.94. The molecule has 0 aliphatic carbocycles. The summed E-state index contributed by atoms with van der Waals surface area (Å²) < 4.78 is 31.9. The molecule has 0 unspecified atom stereocenters. The number of nitrogens with one attached hydrogen (secondary N) is 1. The average Bonchev–Trinajstić information content (AvgIpc) is 3.03. The Bertz CT molecular complexity index is 1030. The molecular formula is C16H11ClN2O5S. The Morgan fingerprint density at radius 2 is 1.84 bits per heavy atom. The molecule has 7 nitrogen and oxygen atoms in total. The van der Waals surface area contributed by atoms with Gasteiger partial charge in [-0.2, -0.15) is 0 Å². The Hall–Kier alpha value is -2.84. The normalized spacial score (nSPS) is 11.2. The van der Waals surface area contributed by atoms with Crippen LogP contribution in [0.25, 0.3) is 11.3 Å². The lowest BCUT2D eigenvalue weighted by atomic mass is 10.1. The molecule has 128 valence electrons. The number of carbonyl (C=O) groups is 1. The molecule has 25 heavy (non-hydrogen) atoms. The van der Waals surface area contributed by atoms with E-state index in [1.54, 1.807) is 24.3 Å². The fourth-order valence-electron chi connectivity index (χ4n) is 2.07. The van der Waals surface area contributed by atoms with E-state index in [1.165, 1.54) is 24.3 Å². The number of carboxylic acid groups (broad SMARTS) is 1. The highest BCUT2D eigenvalue weighted by Crippen LogP contribution is 2.25. The van der Waals surface area contributed by atoms with Crippen molar-refractivity contribution in [3.63, 3.8) is 0 Å². The average molecular weight is 379 g/mol. The van der Waals surface area contributed by atoms with Gasteiger partial charge in [-0.25, -0.2) is 17.9 Å². The van der Waals surface area contributed by atoms with Gasteiger partial charge in [0.25, 0.3) is 10.0 Å². The Morgan fingerprint density at radius 3 is 2.52 bits per heavy atom. The minimum absolute atomic E-state index is 0.0920. The zero-order valence-corrected chi connectivity index (χ0v) is 14.1. The third-order valence-electron chi connectivity index (χ3n) is 3.28. The van der Waals surface area contributed by atoms with Gasteiger partial charge in [0.1, 0.15) is 5.69 Å². The zero-order valence-electron chi connectivity index (χ0n) is 12.5. The van der Waals surface area contributed by atoms with Crippen LogP contribution >= 0.6 is 11.6 Å².